The number of morpholine rings is 1. The lowest BCUT2D eigenvalue weighted by molar-refractivity contribution is -0.142. The highest BCUT2D eigenvalue weighted by atomic mass is 16.7. The van der Waals surface area contributed by atoms with Crippen molar-refractivity contribution >= 4 is 23.6 Å². The lowest BCUT2D eigenvalue weighted by Gasteiger charge is -2.39. The van der Waals surface area contributed by atoms with Crippen LogP contribution in [0.3, 0.4) is 0 Å². The summed E-state index contributed by atoms with van der Waals surface area (Å²) in [4.78, 5) is 53.5. The van der Waals surface area contributed by atoms with Crippen molar-refractivity contribution in [2.75, 3.05) is 46.1 Å². The predicted molar refractivity (Wildman–Crippen MR) is 122 cm³/mol. The molecule has 0 unspecified atom stereocenters. The van der Waals surface area contributed by atoms with E-state index < -0.39 is 35.5 Å². The second kappa shape index (κ2) is 13.0. The first kappa shape index (κ1) is 26.4. The SMILES string of the molecule is CCCC[C@H](NC(=O)C1(NC(=O)N2CCOCC2)CCCCC1)C(=O)C(=O)NCC1OCCO1. The van der Waals surface area contributed by atoms with Gasteiger partial charge in [-0.25, -0.2) is 4.79 Å². The summed E-state index contributed by atoms with van der Waals surface area (Å²) in [5.74, 6) is -1.89. The van der Waals surface area contributed by atoms with Gasteiger partial charge in [-0.15, -0.1) is 0 Å². The van der Waals surface area contributed by atoms with Gasteiger partial charge in [0.15, 0.2) is 6.29 Å². The number of urea groups is 1. The summed E-state index contributed by atoms with van der Waals surface area (Å²) < 4.78 is 15.9. The second-order valence-corrected chi connectivity index (χ2v) is 9.09. The fraction of sp³-hybridized carbons (Fsp3) is 0.826. The zero-order chi connectivity index (χ0) is 24.4. The highest BCUT2D eigenvalue weighted by Gasteiger charge is 2.43. The highest BCUT2D eigenvalue weighted by Crippen LogP contribution is 2.29. The van der Waals surface area contributed by atoms with Gasteiger partial charge >= 0.3 is 6.03 Å². The Balaban J connectivity index is 1.65. The van der Waals surface area contributed by atoms with E-state index in [-0.39, 0.29) is 12.6 Å². The number of amides is 4. The van der Waals surface area contributed by atoms with Crippen LogP contribution in [0.15, 0.2) is 0 Å². The van der Waals surface area contributed by atoms with Crippen LogP contribution < -0.4 is 16.0 Å². The smallest absolute Gasteiger partial charge is 0.318 e. The Labute approximate surface area is 200 Å². The highest BCUT2D eigenvalue weighted by molar-refractivity contribution is 6.38. The van der Waals surface area contributed by atoms with Crippen LogP contribution in [0.5, 0.6) is 0 Å². The standard InChI is InChI=1S/C23H38N4O7/c1-2-3-7-17(19(28)20(29)24-16-18-33-14-15-34-18)25-21(30)23(8-5-4-6-9-23)26-22(31)27-10-12-32-13-11-27/h17-18H,2-16H2,1H3,(H,24,29)(H,25,30)(H,26,31)/t17-/m0/s1. The van der Waals surface area contributed by atoms with E-state index in [1.165, 1.54) is 0 Å². The van der Waals surface area contributed by atoms with Crippen LogP contribution in [0, 0.1) is 0 Å². The molecule has 192 valence electrons. The quantitative estimate of drug-likeness (QED) is 0.385. The third-order valence-electron chi connectivity index (χ3n) is 6.60. The Hall–Kier alpha value is -2.24. The molecule has 0 spiro atoms. The van der Waals surface area contributed by atoms with E-state index in [0.717, 1.165) is 25.7 Å². The van der Waals surface area contributed by atoms with Gasteiger partial charge in [0, 0.05) is 13.1 Å². The average Bonchev–Trinajstić information content (AvgIpc) is 3.39. The number of nitrogens with one attached hydrogen (secondary N) is 3. The van der Waals surface area contributed by atoms with Crippen LogP contribution in [0.25, 0.3) is 0 Å². The summed E-state index contributed by atoms with van der Waals surface area (Å²) in [7, 11) is 0. The molecule has 11 heteroatoms. The van der Waals surface area contributed by atoms with Crippen molar-refractivity contribution < 1.29 is 33.4 Å². The van der Waals surface area contributed by atoms with Crippen molar-refractivity contribution in [1.29, 1.82) is 0 Å². The van der Waals surface area contributed by atoms with Crippen molar-refractivity contribution in [3.05, 3.63) is 0 Å². The number of unbranched alkanes of at least 4 members (excludes halogenated alkanes) is 1. The van der Waals surface area contributed by atoms with Gasteiger partial charge in [-0.2, -0.15) is 0 Å². The van der Waals surface area contributed by atoms with E-state index >= 15 is 0 Å². The molecule has 1 atom stereocenters. The molecule has 2 saturated heterocycles. The van der Waals surface area contributed by atoms with Crippen LogP contribution in [0.2, 0.25) is 0 Å². The molecule has 0 bridgehead atoms. The number of carbonyl (C=O) groups excluding carboxylic acids is 4. The first-order chi connectivity index (χ1) is 16.4. The number of hydrogen-bond acceptors (Lipinski definition) is 7. The van der Waals surface area contributed by atoms with Gasteiger partial charge in [0.05, 0.1) is 39.0 Å². The van der Waals surface area contributed by atoms with Crippen molar-refractivity contribution in [2.45, 2.75) is 76.2 Å². The molecule has 3 N–H and O–H groups in total. The third-order valence-corrected chi connectivity index (χ3v) is 6.60. The molecule has 0 radical (unpaired) electrons. The van der Waals surface area contributed by atoms with Gasteiger partial charge in [0.1, 0.15) is 5.54 Å². The maximum absolute atomic E-state index is 13.5. The topological polar surface area (TPSA) is 135 Å². The Morgan fingerprint density at radius 2 is 1.68 bits per heavy atom. The molecule has 3 aliphatic rings. The average molecular weight is 483 g/mol. The first-order valence-corrected chi connectivity index (χ1v) is 12.5. The summed E-state index contributed by atoms with van der Waals surface area (Å²) in [6.07, 6.45) is 4.82. The fourth-order valence-electron chi connectivity index (χ4n) is 4.53. The minimum absolute atomic E-state index is 0.0680. The first-order valence-electron chi connectivity index (χ1n) is 12.5. The molecule has 2 heterocycles. The number of Topliss-reactive ketones (excluding diaryl/α,β-unsaturated/α-hetero) is 1. The zero-order valence-electron chi connectivity index (χ0n) is 20.1. The lowest BCUT2D eigenvalue weighted by atomic mass is 9.80. The van der Waals surface area contributed by atoms with Crippen LogP contribution in [-0.4, -0.2) is 92.5 Å². The van der Waals surface area contributed by atoms with Crippen molar-refractivity contribution in [3.63, 3.8) is 0 Å². The molecular weight excluding hydrogens is 444 g/mol. The van der Waals surface area contributed by atoms with Crippen molar-refractivity contribution in [1.82, 2.24) is 20.9 Å². The van der Waals surface area contributed by atoms with Crippen LogP contribution in [-0.2, 0) is 28.6 Å². The molecule has 4 amide bonds. The summed E-state index contributed by atoms with van der Waals surface area (Å²) in [5, 5.41) is 8.32. The summed E-state index contributed by atoms with van der Waals surface area (Å²) in [6, 6.07) is -1.26. The molecule has 1 saturated carbocycles. The minimum Gasteiger partial charge on any atom is -0.378 e. The van der Waals surface area contributed by atoms with Gasteiger partial charge < -0.3 is 35.1 Å². The van der Waals surface area contributed by atoms with Gasteiger partial charge in [-0.3, -0.25) is 14.4 Å². The lowest BCUT2D eigenvalue weighted by Crippen LogP contribution is -2.64. The zero-order valence-corrected chi connectivity index (χ0v) is 20.1. The summed E-state index contributed by atoms with van der Waals surface area (Å²) >= 11 is 0. The molecule has 11 nitrogen and oxygen atoms in total. The number of hydrogen-bond donors (Lipinski definition) is 3. The predicted octanol–water partition coefficient (Wildman–Crippen LogP) is 0.464. The molecule has 0 aromatic carbocycles. The summed E-state index contributed by atoms with van der Waals surface area (Å²) in [5.41, 5.74) is -1.10. The Morgan fingerprint density at radius 1 is 1.00 bits per heavy atom. The Bertz CT molecular complexity index is 714. The molecule has 0 aromatic heterocycles. The number of ether oxygens (including phenoxy) is 3. The van der Waals surface area contributed by atoms with E-state index in [1.54, 1.807) is 4.90 Å². The van der Waals surface area contributed by atoms with Crippen molar-refractivity contribution in [2.24, 2.45) is 0 Å². The molecule has 3 fully saturated rings. The van der Waals surface area contributed by atoms with Crippen LogP contribution in [0.1, 0.15) is 58.3 Å². The molecule has 34 heavy (non-hydrogen) atoms. The van der Waals surface area contributed by atoms with Crippen LogP contribution >= 0.6 is 0 Å². The Kier molecular flexibility index (Phi) is 10.1. The number of carbonyl (C=O) groups is 4. The maximum atomic E-state index is 13.5. The van der Waals surface area contributed by atoms with Gasteiger partial charge in [0.25, 0.3) is 5.91 Å². The summed E-state index contributed by atoms with van der Waals surface area (Å²) in [6.45, 7) is 4.80. The number of nitrogens with zero attached hydrogens (tertiary/aromatic N) is 1. The second-order valence-electron chi connectivity index (χ2n) is 9.09. The van der Waals surface area contributed by atoms with Crippen molar-refractivity contribution in [3.8, 4) is 0 Å². The maximum Gasteiger partial charge on any atom is 0.318 e. The minimum atomic E-state index is -1.10. The van der Waals surface area contributed by atoms with E-state index in [2.05, 4.69) is 16.0 Å². The number of ketones is 1. The van der Waals surface area contributed by atoms with E-state index in [4.69, 9.17) is 14.2 Å². The van der Waals surface area contributed by atoms with Crippen LogP contribution in [0.4, 0.5) is 4.79 Å². The fourth-order valence-corrected chi connectivity index (χ4v) is 4.53. The molecule has 1 aliphatic carbocycles. The van der Waals surface area contributed by atoms with E-state index in [0.29, 0.717) is 65.2 Å². The monoisotopic (exact) mass is 482 g/mol. The Morgan fingerprint density at radius 3 is 2.32 bits per heavy atom. The molecule has 0 aromatic rings. The largest absolute Gasteiger partial charge is 0.378 e. The van der Waals surface area contributed by atoms with Gasteiger partial charge in [-0.05, 0) is 19.3 Å². The van der Waals surface area contributed by atoms with E-state index in [9.17, 15) is 19.2 Å². The molecular formula is C23H38N4O7. The number of rotatable bonds is 10. The third kappa shape index (κ3) is 7.13. The molecule has 3 rings (SSSR count). The normalized spacial score (nSPS) is 21.5. The van der Waals surface area contributed by atoms with Gasteiger partial charge in [0.2, 0.25) is 11.7 Å². The molecule has 2 aliphatic heterocycles. The van der Waals surface area contributed by atoms with Gasteiger partial charge in [-0.1, -0.05) is 39.0 Å². The van der Waals surface area contributed by atoms with E-state index in [1.807, 2.05) is 6.92 Å².